The van der Waals surface area contributed by atoms with E-state index in [1.165, 1.54) is 12.1 Å². The van der Waals surface area contributed by atoms with E-state index in [1.54, 1.807) is 17.0 Å². The van der Waals surface area contributed by atoms with Crippen LogP contribution in [0.4, 0.5) is 13.2 Å². The number of carbonyl (C=O) groups excluding carboxylic acids is 2. The standard InChI is InChI=1S/C23H26F3N3O2/c1-17-5-2-3-6-20(17)22(31)27-15-21(30)29-12-4-11-28(13-14-29)16-18-7-9-19(10-8-18)23(24,25)26/h2-3,5-10H,4,11-16H2,1H3,(H,27,31). The number of nitrogens with one attached hydrogen (secondary N) is 1. The minimum atomic E-state index is -4.34. The number of alkyl halides is 3. The zero-order chi connectivity index (χ0) is 22.4. The van der Waals surface area contributed by atoms with Crippen LogP contribution in [0.2, 0.25) is 0 Å². The van der Waals surface area contributed by atoms with Crippen molar-refractivity contribution in [2.45, 2.75) is 26.1 Å². The number of benzene rings is 2. The molecule has 2 aromatic rings. The third kappa shape index (κ3) is 6.30. The van der Waals surface area contributed by atoms with E-state index in [0.717, 1.165) is 36.2 Å². The fourth-order valence-electron chi connectivity index (χ4n) is 3.63. The van der Waals surface area contributed by atoms with Gasteiger partial charge < -0.3 is 10.2 Å². The average Bonchev–Trinajstić information content (AvgIpc) is 2.97. The Kier molecular flexibility index (Phi) is 7.33. The molecule has 0 atom stereocenters. The second-order valence-corrected chi connectivity index (χ2v) is 7.70. The largest absolute Gasteiger partial charge is 0.416 e. The van der Waals surface area contributed by atoms with Crippen molar-refractivity contribution in [2.75, 3.05) is 32.7 Å². The second kappa shape index (κ2) is 9.96. The van der Waals surface area contributed by atoms with E-state index in [9.17, 15) is 22.8 Å². The van der Waals surface area contributed by atoms with E-state index in [0.29, 0.717) is 31.7 Å². The molecule has 166 valence electrons. The van der Waals surface area contributed by atoms with Crippen molar-refractivity contribution in [3.05, 3.63) is 70.8 Å². The van der Waals surface area contributed by atoms with Crippen LogP contribution in [0.3, 0.4) is 0 Å². The third-order valence-corrected chi connectivity index (χ3v) is 5.42. The maximum Gasteiger partial charge on any atom is 0.416 e. The normalized spacial score (nSPS) is 15.4. The van der Waals surface area contributed by atoms with Crippen molar-refractivity contribution in [1.82, 2.24) is 15.1 Å². The molecule has 31 heavy (non-hydrogen) atoms. The summed E-state index contributed by atoms with van der Waals surface area (Å²) >= 11 is 0. The van der Waals surface area contributed by atoms with Gasteiger partial charge in [0.15, 0.2) is 0 Å². The van der Waals surface area contributed by atoms with Crippen molar-refractivity contribution in [1.29, 1.82) is 0 Å². The van der Waals surface area contributed by atoms with Crippen LogP contribution < -0.4 is 5.32 Å². The molecule has 0 spiro atoms. The third-order valence-electron chi connectivity index (χ3n) is 5.42. The quantitative estimate of drug-likeness (QED) is 0.786. The number of halogens is 3. The molecule has 8 heteroatoms. The molecule has 2 aromatic carbocycles. The number of amides is 2. The van der Waals surface area contributed by atoms with Crippen LogP contribution in [-0.2, 0) is 17.5 Å². The first-order chi connectivity index (χ1) is 14.7. The molecule has 1 saturated heterocycles. The Morgan fingerprint density at radius 3 is 2.35 bits per heavy atom. The van der Waals surface area contributed by atoms with Crippen molar-refractivity contribution in [3.8, 4) is 0 Å². The molecule has 0 aromatic heterocycles. The van der Waals surface area contributed by atoms with Gasteiger partial charge in [-0.05, 0) is 42.7 Å². The number of nitrogens with zero attached hydrogens (tertiary/aromatic N) is 2. The summed E-state index contributed by atoms with van der Waals surface area (Å²) in [6, 6.07) is 12.4. The Morgan fingerprint density at radius 2 is 1.68 bits per heavy atom. The molecule has 0 unspecified atom stereocenters. The molecule has 5 nitrogen and oxygen atoms in total. The van der Waals surface area contributed by atoms with Crippen LogP contribution in [0.15, 0.2) is 48.5 Å². The minimum absolute atomic E-state index is 0.0634. The summed E-state index contributed by atoms with van der Waals surface area (Å²) in [6.07, 6.45) is -3.57. The van der Waals surface area contributed by atoms with Gasteiger partial charge in [0.05, 0.1) is 12.1 Å². The molecule has 3 rings (SSSR count). The summed E-state index contributed by atoms with van der Waals surface area (Å²) in [7, 11) is 0. The van der Waals surface area contributed by atoms with E-state index in [4.69, 9.17) is 0 Å². The molecule has 1 aliphatic heterocycles. The first-order valence-electron chi connectivity index (χ1n) is 10.2. The lowest BCUT2D eigenvalue weighted by molar-refractivity contribution is -0.137. The highest BCUT2D eigenvalue weighted by atomic mass is 19.4. The van der Waals surface area contributed by atoms with E-state index >= 15 is 0 Å². The van der Waals surface area contributed by atoms with Gasteiger partial charge in [0, 0.05) is 38.3 Å². The Balaban J connectivity index is 1.48. The van der Waals surface area contributed by atoms with Gasteiger partial charge in [-0.3, -0.25) is 14.5 Å². The zero-order valence-electron chi connectivity index (χ0n) is 17.4. The highest BCUT2D eigenvalue weighted by molar-refractivity contribution is 5.97. The summed E-state index contributed by atoms with van der Waals surface area (Å²) in [5, 5.41) is 2.69. The lowest BCUT2D eigenvalue weighted by atomic mass is 10.1. The molecule has 0 bridgehead atoms. The highest BCUT2D eigenvalue weighted by Crippen LogP contribution is 2.29. The summed E-state index contributed by atoms with van der Waals surface area (Å²) in [5.41, 5.74) is 1.55. The Hall–Kier alpha value is -2.87. The monoisotopic (exact) mass is 433 g/mol. The molecule has 0 radical (unpaired) electrons. The van der Waals surface area contributed by atoms with Crippen LogP contribution in [0.25, 0.3) is 0 Å². The zero-order valence-corrected chi connectivity index (χ0v) is 17.4. The Morgan fingerprint density at radius 1 is 0.968 bits per heavy atom. The fourth-order valence-corrected chi connectivity index (χ4v) is 3.63. The van der Waals surface area contributed by atoms with Crippen LogP contribution >= 0.6 is 0 Å². The highest BCUT2D eigenvalue weighted by Gasteiger charge is 2.30. The first kappa shape index (κ1) is 22.8. The van der Waals surface area contributed by atoms with Gasteiger partial charge >= 0.3 is 6.18 Å². The maximum atomic E-state index is 12.7. The molecule has 1 N–H and O–H groups in total. The summed E-state index contributed by atoms with van der Waals surface area (Å²) in [4.78, 5) is 28.7. The number of aryl methyl sites for hydroxylation is 1. The van der Waals surface area contributed by atoms with Crippen molar-refractivity contribution < 1.29 is 22.8 Å². The van der Waals surface area contributed by atoms with E-state index in [2.05, 4.69) is 10.2 Å². The number of hydrogen-bond donors (Lipinski definition) is 1. The van der Waals surface area contributed by atoms with Crippen molar-refractivity contribution in [2.24, 2.45) is 0 Å². The predicted molar refractivity (Wildman–Crippen MR) is 111 cm³/mol. The molecule has 0 saturated carbocycles. The van der Waals surface area contributed by atoms with E-state index in [-0.39, 0.29) is 18.4 Å². The minimum Gasteiger partial charge on any atom is -0.343 e. The molecular formula is C23H26F3N3O2. The lowest BCUT2D eigenvalue weighted by Crippen LogP contribution is -2.42. The van der Waals surface area contributed by atoms with Crippen LogP contribution in [0, 0.1) is 6.92 Å². The lowest BCUT2D eigenvalue weighted by Gasteiger charge is -2.22. The summed E-state index contributed by atoms with van der Waals surface area (Å²) in [5.74, 6) is -0.413. The topological polar surface area (TPSA) is 52.7 Å². The van der Waals surface area contributed by atoms with Crippen LogP contribution in [-0.4, -0.2) is 54.3 Å². The predicted octanol–water partition coefficient (Wildman–Crippen LogP) is 3.48. The summed E-state index contributed by atoms with van der Waals surface area (Å²) < 4.78 is 38.1. The maximum absolute atomic E-state index is 12.7. The Bertz CT molecular complexity index is 913. The Labute approximate surface area is 179 Å². The number of hydrogen-bond acceptors (Lipinski definition) is 3. The second-order valence-electron chi connectivity index (χ2n) is 7.70. The molecule has 0 aliphatic carbocycles. The molecule has 1 aliphatic rings. The summed E-state index contributed by atoms with van der Waals surface area (Å²) in [6.45, 7) is 4.79. The van der Waals surface area contributed by atoms with E-state index in [1.807, 2.05) is 19.1 Å². The van der Waals surface area contributed by atoms with Crippen LogP contribution in [0.5, 0.6) is 0 Å². The van der Waals surface area contributed by atoms with Crippen LogP contribution in [0.1, 0.15) is 33.5 Å². The van der Waals surface area contributed by atoms with Crippen molar-refractivity contribution >= 4 is 11.8 Å². The molecular weight excluding hydrogens is 407 g/mol. The average molecular weight is 433 g/mol. The molecule has 1 heterocycles. The van der Waals surface area contributed by atoms with Gasteiger partial charge in [-0.25, -0.2) is 0 Å². The van der Waals surface area contributed by atoms with Gasteiger partial charge in [-0.15, -0.1) is 0 Å². The number of rotatable bonds is 5. The van der Waals surface area contributed by atoms with Gasteiger partial charge in [-0.2, -0.15) is 13.2 Å². The van der Waals surface area contributed by atoms with Gasteiger partial charge in [0.2, 0.25) is 5.91 Å². The van der Waals surface area contributed by atoms with Gasteiger partial charge in [-0.1, -0.05) is 30.3 Å². The molecule has 2 amide bonds. The first-order valence-corrected chi connectivity index (χ1v) is 10.2. The smallest absolute Gasteiger partial charge is 0.343 e. The fraction of sp³-hybridized carbons (Fsp3) is 0.391. The SMILES string of the molecule is Cc1ccccc1C(=O)NCC(=O)N1CCCN(Cc2ccc(C(F)(F)F)cc2)CC1. The van der Waals surface area contributed by atoms with Crippen molar-refractivity contribution in [3.63, 3.8) is 0 Å². The van der Waals surface area contributed by atoms with Gasteiger partial charge in [0.1, 0.15) is 0 Å². The van der Waals surface area contributed by atoms with E-state index < -0.39 is 11.7 Å². The van der Waals surface area contributed by atoms with Gasteiger partial charge in [0.25, 0.3) is 5.91 Å². The molecule has 1 fully saturated rings. The number of carbonyl (C=O) groups is 2.